The number of rotatable bonds is 6. The van der Waals surface area contributed by atoms with Crippen molar-refractivity contribution in [3.05, 3.63) is 17.5 Å². The maximum Gasteiger partial charge on any atom is 0.149 e. The van der Waals surface area contributed by atoms with Crippen molar-refractivity contribution in [3.63, 3.8) is 0 Å². The standard InChI is InChI=1S/C11H16ClN3O/c1-15(4-5-16-8-9-2-3-9)11-7-13-6-10(12)14-11/h6-7,9H,2-5,8H2,1H3. The molecule has 0 unspecified atom stereocenters. The highest BCUT2D eigenvalue weighted by Crippen LogP contribution is 2.28. The number of aromatic nitrogens is 2. The van der Waals surface area contributed by atoms with Gasteiger partial charge in [0.2, 0.25) is 0 Å². The van der Waals surface area contributed by atoms with Crippen molar-refractivity contribution in [2.75, 3.05) is 31.7 Å². The molecule has 1 aliphatic rings. The average molecular weight is 242 g/mol. The molecule has 0 spiro atoms. The van der Waals surface area contributed by atoms with Crippen LogP contribution in [0.1, 0.15) is 12.8 Å². The van der Waals surface area contributed by atoms with Crippen LogP contribution in [0.25, 0.3) is 0 Å². The summed E-state index contributed by atoms with van der Waals surface area (Å²) in [6.45, 7) is 2.43. The monoisotopic (exact) mass is 241 g/mol. The minimum absolute atomic E-state index is 0.420. The van der Waals surface area contributed by atoms with Crippen molar-refractivity contribution >= 4 is 17.4 Å². The van der Waals surface area contributed by atoms with Gasteiger partial charge >= 0.3 is 0 Å². The summed E-state index contributed by atoms with van der Waals surface area (Å²) in [4.78, 5) is 10.2. The zero-order chi connectivity index (χ0) is 11.4. The molecule has 1 aliphatic carbocycles. The maximum atomic E-state index is 5.77. The van der Waals surface area contributed by atoms with E-state index in [1.165, 1.54) is 19.0 Å². The van der Waals surface area contributed by atoms with E-state index in [1.807, 2.05) is 11.9 Å². The molecule has 0 radical (unpaired) electrons. The molecule has 0 aliphatic heterocycles. The summed E-state index contributed by atoms with van der Waals surface area (Å²) in [6.07, 6.45) is 5.89. The van der Waals surface area contributed by atoms with Crippen molar-refractivity contribution in [3.8, 4) is 0 Å². The zero-order valence-corrected chi connectivity index (χ0v) is 10.2. The fourth-order valence-corrected chi connectivity index (χ4v) is 1.51. The Labute approximate surface area is 101 Å². The second kappa shape index (κ2) is 5.46. The topological polar surface area (TPSA) is 38.2 Å². The molecule has 1 aromatic rings. The Balaban J connectivity index is 1.71. The highest BCUT2D eigenvalue weighted by molar-refractivity contribution is 6.29. The largest absolute Gasteiger partial charge is 0.379 e. The first-order chi connectivity index (χ1) is 7.75. The van der Waals surface area contributed by atoms with E-state index in [9.17, 15) is 0 Å². The molecule has 0 bridgehead atoms. The number of ether oxygens (including phenoxy) is 1. The molecule has 88 valence electrons. The second-order valence-electron chi connectivity index (χ2n) is 4.14. The molecule has 1 fully saturated rings. The number of likely N-dealkylation sites (N-methyl/N-ethyl adjacent to an activating group) is 1. The Morgan fingerprint density at radius 2 is 2.31 bits per heavy atom. The average Bonchev–Trinajstić information content (AvgIpc) is 3.08. The SMILES string of the molecule is CN(CCOCC1CC1)c1cncc(Cl)n1. The van der Waals surface area contributed by atoms with Crippen molar-refractivity contribution in [1.29, 1.82) is 0 Å². The van der Waals surface area contributed by atoms with E-state index in [2.05, 4.69) is 9.97 Å². The lowest BCUT2D eigenvalue weighted by molar-refractivity contribution is 0.131. The summed E-state index contributed by atoms with van der Waals surface area (Å²) >= 11 is 5.77. The van der Waals surface area contributed by atoms with Gasteiger partial charge in [-0.05, 0) is 18.8 Å². The molecule has 5 heteroatoms. The fourth-order valence-electron chi connectivity index (χ4n) is 1.37. The third-order valence-electron chi connectivity index (χ3n) is 2.61. The molecule has 1 heterocycles. The highest BCUT2D eigenvalue weighted by atomic mass is 35.5. The minimum Gasteiger partial charge on any atom is -0.379 e. The predicted molar refractivity (Wildman–Crippen MR) is 63.9 cm³/mol. The summed E-state index contributed by atoms with van der Waals surface area (Å²) in [6, 6.07) is 0. The van der Waals surface area contributed by atoms with E-state index in [0.717, 1.165) is 31.5 Å². The van der Waals surface area contributed by atoms with Crippen LogP contribution in [0.5, 0.6) is 0 Å². The normalized spacial score (nSPS) is 15.1. The van der Waals surface area contributed by atoms with Gasteiger partial charge in [-0.25, -0.2) is 4.98 Å². The summed E-state index contributed by atoms with van der Waals surface area (Å²) < 4.78 is 5.56. The molecular weight excluding hydrogens is 226 g/mol. The van der Waals surface area contributed by atoms with Crippen LogP contribution in [0.3, 0.4) is 0 Å². The van der Waals surface area contributed by atoms with Crippen LogP contribution in [-0.4, -0.2) is 36.8 Å². The minimum atomic E-state index is 0.420. The Bertz CT molecular complexity index is 344. The molecule has 16 heavy (non-hydrogen) atoms. The molecule has 1 aromatic heterocycles. The molecule has 4 nitrogen and oxygen atoms in total. The van der Waals surface area contributed by atoms with Gasteiger partial charge in [0.05, 0.1) is 19.0 Å². The van der Waals surface area contributed by atoms with Crippen LogP contribution < -0.4 is 4.90 Å². The Hall–Kier alpha value is -0.870. The van der Waals surface area contributed by atoms with E-state index in [1.54, 1.807) is 6.20 Å². The first-order valence-corrected chi connectivity index (χ1v) is 5.90. The zero-order valence-electron chi connectivity index (χ0n) is 9.40. The van der Waals surface area contributed by atoms with Crippen LogP contribution in [0.15, 0.2) is 12.4 Å². The molecule has 0 saturated heterocycles. The number of hydrogen-bond acceptors (Lipinski definition) is 4. The van der Waals surface area contributed by atoms with Crippen LogP contribution >= 0.6 is 11.6 Å². The van der Waals surface area contributed by atoms with E-state index >= 15 is 0 Å². The Morgan fingerprint density at radius 3 is 3.00 bits per heavy atom. The van der Waals surface area contributed by atoms with Gasteiger partial charge in [-0.15, -0.1) is 0 Å². The molecular formula is C11H16ClN3O. The van der Waals surface area contributed by atoms with Crippen molar-refractivity contribution < 1.29 is 4.74 Å². The number of halogens is 1. The first-order valence-electron chi connectivity index (χ1n) is 5.52. The second-order valence-corrected chi connectivity index (χ2v) is 4.53. The lowest BCUT2D eigenvalue weighted by atomic mass is 10.5. The van der Waals surface area contributed by atoms with E-state index < -0.39 is 0 Å². The lowest BCUT2D eigenvalue weighted by Gasteiger charge is -2.17. The number of hydrogen-bond donors (Lipinski definition) is 0. The van der Waals surface area contributed by atoms with Crippen molar-refractivity contribution in [2.45, 2.75) is 12.8 Å². The summed E-state index contributed by atoms with van der Waals surface area (Å²) in [7, 11) is 1.96. The van der Waals surface area contributed by atoms with E-state index in [0.29, 0.717) is 5.15 Å². The molecule has 0 atom stereocenters. The lowest BCUT2D eigenvalue weighted by Crippen LogP contribution is -2.24. The predicted octanol–water partition coefficient (Wildman–Crippen LogP) is 1.99. The van der Waals surface area contributed by atoms with Gasteiger partial charge in [0.1, 0.15) is 11.0 Å². The Morgan fingerprint density at radius 1 is 1.50 bits per heavy atom. The first kappa shape index (κ1) is 11.6. The van der Waals surface area contributed by atoms with Gasteiger partial charge in [-0.1, -0.05) is 11.6 Å². The quantitative estimate of drug-likeness (QED) is 0.714. The van der Waals surface area contributed by atoms with Crippen LogP contribution in [0, 0.1) is 5.92 Å². The van der Waals surface area contributed by atoms with Crippen LogP contribution in [-0.2, 0) is 4.74 Å². The summed E-state index contributed by atoms with van der Waals surface area (Å²) in [5.74, 6) is 1.60. The smallest absolute Gasteiger partial charge is 0.149 e. The highest BCUT2D eigenvalue weighted by Gasteiger charge is 2.20. The molecule has 0 amide bonds. The van der Waals surface area contributed by atoms with Gasteiger partial charge < -0.3 is 9.64 Å². The molecule has 0 N–H and O–H groups in total. The van der Waals surface area contributed by atoms with Gasteiger partial charge in [0.25, 0.3) is 0 Å². The third kappa shape index (κ3) is 3.61. The molecule has 2 rings (SSSR count). The van der Waals surface area contributed by atoms with Gasteiger partial charge in [0.15, 0.2) is 0 Å². The van der Waals surface area contributed by atoms with E-state index in [-0.39, 0.29) is 0 Å². The Kier molecular flexibility index (Phi) is 3.96. The summed E-state index contributed by atoms with van der Waals surface area (Å²) in [5, 5.41) is 0.420. The maximum absolute atomic E-state index is 5.77. The van der Waals surface area contributed by atoms with Gasteiger partial charge in [-0.2, -0.15) is 0 Å². The van der Waals surface area contributed by atoms with E-state index in [4.69, 9.17) is 16.3 Å². The molecule has 0 aromatic carbocycles. The number of anilines is 1. The fraction of sp³-hybridized carbons (Fsp3) is 0.636. The van der Waals surface area contributed by atoms with Crippen LogP contribution in [0.2, 0.25) is 5.15 Å². The number of nitrogens with zero attached hydrogens (tertiary/aromatic N) is 3. The third-order valence-corrected chi connectivity index (χ3v) is 2.79. The van der Waals surface area contributed by atoms with Crippen molar-refractivity contribution in [2.24, 2.45) is 5.92 Å². The van der Waals surface area contributed by atoms with Gasteiger partial charge in [-0.3, -0.25) is 4.98 Å². The van der Waals surface area contributed by atoms with Crippen LogP contribution in [0.4, 0.5) is 5.82 Å². The van der Waals surface area contributed by atoms with Gasteiger partial charge in [0, 0.05) is 20.2 Å². The van der Waals surface area contributed by atoms with Crippen molar-refractivity contribution in [1.82, 2.24) is 9.97 Å². The summed E-state index contributed by atoms with van der Waals surface area (Å²) in [5.41, 5.74) is 0. The molecule has 1 saturated carbocycles.